The molecule has 36 heavy (non-hydrogen) atoms. The second-order valence-corrected chi connectivity index (χ2v) is 10.4. The summed E-state index contributed by atoms with van der Waals surface area (Å²) in [7, 11) is 0. The zero-order chi connectivity index (χ0) is 26.0. The summed E-state index contributed by atoms with van der Waals surface area (Å²) < 4.78 is 22.7. The van der Waals surface area contributed by atoms with Crippen LogP contribution in [0, 0.1) is 4.84 Å². The Morgan fingerprint density at radius 3 is 2.28 bits per heavy atom. The van der Waals surface area contributed by atoms with Crippen molar-refractivity contribution in [3.8, 4) is 11.5 Å². The molecule has 8 nitrogen and oxygen atoms in total. The highest BCUT2D eigenvalue weighted by molar-refractivity contribution is 7.71. The average Bonchev–Trinajstić information content (AvgIpc) is 3.36. The molecule has 1 atom stereocenters. The number of nitrogens with one attached hydrogen (secondary N) is 2. The molecule has 2 aromatic carbocycles. The van der Waals surface area contributed by atoms with Crippen molar-refractivity contribution in [3.05, 3.63) is 39.1 Å². The van der Waals surface area contributed by atoms with Crippen LogP contribution in [-0.2, 0) is 0 Å². The van der Waals surface area contributed by atoms with E-state index in [1.807, 2.05) is 33.8 Å². The number of rotatable bonds is 5. The topological polar surface area (TPSA) is 88.7 Å². The Balaban J connectivity index is 0.000000179. The van der Waals surface area contributed by atoms with Gasteiger partial charge in [0.1, 0.15) is 5.52 Å². The van der Waals surface area contributed by atoms with Gasteiger partial charge >= 0.3 is 0 Å². The molecule has 0 bridgehead atoms. The molecule has 0 saturated carbocycles. The van der Waals surface area contributed by atoms with Crippen LogP contribution in [0.1, 0.15) is 34.6 Å². The summed E-state index contributed by atoms with van der Waals surface area (Å²) in [4.78, 5) is 9.97. The Morgan fingerprint density at radius 1 is 1.00 bits per heavy atom. The van der Waals surface area contributed by atoms with Crippen molar-refractivity contribution in [1.82, 2.24) is 15.3 Å². The van der Waals surface area contributed by atoms with Gasteiger partial charge in [0.15, 0.2) is 22.7 Å². The number of benzene rings is 2. The normalized spacial score (nSPS) is 16.0. The molecule has 5 rings (SSSR count). The van der Waals surface area contributed by atoms with E-state index in [0.717, 1.165) is 30.7 Å². The maximum absolute atomic E-state index is 6.15. The molecule has 0 spiro atoms. The third-order valence-electron chi connectivity index (χ3n) is 5.33. The number of H-pyrrole nitrogens is 1. The average molecular weight is 554 g/mol. The first-order chi connectivity index (χ1) is 17.1. The van der Waals surface area contributed by atoms with Crippen LogP contribution in [0.2, 0.25) is 10.0 Å². The molecule has 194 valence electrons. The summed E-state index contributed by atoms with van der Waals surface area (Å²) >= 11 is 17.0. The number of nitrogens with zero attached hydrogens (tertiary/aromatic N) is 2. The lowest BCUT2D eigenvalue weighted by Gasteiger charge is -2.32. The fourth-order valence-corrected chi connectivity index (χ4v) is 4.49. The molecule has 3 heterocycles. The summed E-state index contributed by atoms with van der Waals surface area (Å²) in [5, 5.41) is 4.55. The second kappa shape index (κ2) is 11.3. The summed E-state index contributed by atoms with van der Waals surface area (Å²) in [5.74, 6) is 1.26. The monoisotopic (exact) mass is 552 g/mol. The largest absolute Gasteiger partial charge is 0.487 e. The number of piperazine rings is 1. The number of aromatic amines is 1. The summed E-state index contributed by atoms with van der Waals surface area (Å²) in [6.45, 7) is 12.7. The number of hydrogen-bond donors (Lipinski definition) is 2. The second-order valence-electron chi connectivity index (χ2n) is 9.12. The van der Waals surface area contributed by atoms with E-state index in [9.17, 15) is 0 Å². The zero-order valence-corrected chi connectivity index (χ0v) is 23.2. The van der Waals surface area contributed by atoms with Crippen molar-refractivity contribution >= 4 is 63.6 Å². The van der Waals surface area contributed by atoms with Crippen LogP contribution in [-0.4, -0.2) is 47.9 Å². The number of aromatic nitrogens is 2. The number of hydrogen-bond acceptors (Lipinski definition) is 8. The first kappa shape index (κ1) is 26.6. The Bertz CT molecular complexity index is 1400. The highest BCUT2D eigenvalue weighted by atomic mass is 35.5. The molecule has 0 aliphatic carbocycles. The number of ether oxygens (including phenoxy) is 2. The fraction of sp³-hybridized carbons (Fsp3) is 0.440. The minimum Gasteiger partial charge on any atom is -0.487 e. The minimum atomic E-state index is 0.0540. The fourth-order valence-electron chi connectivity index (χ4n) is 3.88. The number of halogens is 2. The van der Waals surface area contributed by atoms with Gasteiger partial charge in [-0.2, -0.15) is 4.98 Å². The molecule has 11 heteroatoms. The van der Waals surface area contributed by atoms with E-state index in [2.05, 4.69) is 27.1 Å². The smallest absolute Gasteiger partial charge is 0.298 e. The van der Waals surface area contributed by atoms with Gasteiger partial charge in [-0.1, -0.05) is 23.2 Å². The first-order valence-corrected chi connectivity index (χ1v) is 13.0. The molecule has 0 unspecified atom stereocenters. The van der Waals surface area contributed by atoms with Crippen LogP contribution < -0.4 is 19.7 Å². The third-order valence-corrected chi connectivity index (χ3v) is 5.95. The quantitative estimate of drug-likeness (QED) is 0.256. The Labute approximate surface area is 224 Å². The predicted molar refractivity (Wildman–Crippen MR) is 147 cm³/mol. The van der Waals surface area contributed by atoms with Crippen LogP contribution in [0.3, 0.4) is 0 Å². The van der Waals surface area contributed by atoms with E-state index in [0.29, 0.717) is 49.6 Å². The Morgan fingerprint density at radius 2 is 1.64 bits per heavy atom. The SMILES string of the molecule is CC(C)Oc1cc(Cl)cc2[nH]c(=S)oc12.CC(C)Oc1cc(Cl)cc2nc(N3CCNC[C@@H]3C)oc12. The standard InChI is InChI=1S/C15H20ClN3O2.C10H10ClNO2S/c1-9(2)20-13-7-11(16)6-12-14(13)21-15(18-12)19-5-4-17-8-10(19)3;1-5(2)13-8-4-6(11)3-7-9(8)14-10(15)12-7/h6-7,9-10,17H,4-5,8H2,1-3H3;3-5H,1-2H3,(H,12,15)/t10-;/m0./s1. The van der Waals surface area contributed by atoms with Gasteiger partial charge in [0.2, 0.25) is 0 Å². The zero-order valence-electron chi connectivity index (χ0n) is 20.9. The molecule has 1 aliphatic rings. The summed E-state index contributed by atoms with van der Waals surface area (Å²) in [6.07, 6.45) is 0.115. The van der Waals surface area contributed by atoms with Crippen LogP contribution in [0.4, 0.5) is 6.01 Å². The minimum absolute atomic E-state index is 0.0540. The summed E-state index contributed by atoms with van der Waals surface area (Å²) in [5.41, 5.74) is 2.76. The molecule has 0 radical (unpaired) electrons. The predicted octanol–water partition coefficient (Wildman–Crippen LogP) is 7.00. The van der Waals surface area contributed by atoms with Crippen LogP contribution in [0.5, 0.6) is 11.5 Å². The van der Waals surface area contributed by atoms with E-state index in [-0.39, 0.29) is 12.2 Å². The van der Waals surface area contributed by atoms with Gasteiger partial charge in [-0.05, 0) is 59.0 Å². The maximum atomic E-state index is 6.15. The van der Waals surface area contributed by atoms with Crippen molar-refractivity contribution in [2.75, 3.05) is 24.5 Å². The summed E-state index contributed by atoms with van der Waals surface area (Å²) in [6, 6.07) is 8.04. The van der Waals surface area contributed by atoms with Gasteiger partial charge < -0.3 is 33.5 Å². The molecule has 4 aromatic rings. The number of oxazole rings is 2. The highest BCUT2D eigenvalue weighted by Crippen LogP contribution is 2.34. The van der Waals surface area contributed by atoms with E-state index in [4.69, 9.17) is 53.7 Å². The molecule has 0 amide bonds. The van der Waals surface area contributed by atoms with Crippen molar-refractivity contribution in [2.45, 2.75) is 52.9 Å². The highest BCUT2D eigenvalue weighted by Gasteiger charge is 2.24. The maximum Gasteiger partial charge on any atom is 0.298 e. The van der Waals surface area contributed by atoms with E-state index >= 15 is 0 Å². The molecule has 2 aromatic heterocycles. The van der Waals surface area contributed by atoms with Crippen molar-refractivity contribution < 1.29 is 18.3 Å². The van der Waals surface area contributed by atoms with Gasteiger partial charge in [-0.25, -0.2) is 0 Å². The Hall–Kier alpha value is -2.46. The molecule has 1 aliphatic heterocycles. The van der Waals surface area contributed by atoms with Crippen molar-refractivity contribution in [3.63, 3.8) is 0 Å². The van der Waals surface area contributed by atoms with Gasteiger partial charge in [0.25, 0.3) is 10.9 Å². The molecule has 1 fully saturated rings. The Kier molecular flexibility index (Phi) is 8.34. The number of fused-ring (bicyclic) bond motifs is 2. The van der Waals surface area contributed by atoms with Gasteiger partial charge in [0, 0.05) is 47.9 Å². The lowest BCUT2D eigenvalue weighted by atomic mass is 10.2. The molecule has 2 N–H and O–H groups in total. The van der Waals surface area contributed by atoms with Gasteiger partial charge in [-0.3, -0.25) is 0 Å². The van der Waals surface area contributed by atoms with E-state index in [1.54, 1.807) is 18.2 Å². The van der Waals surface area contributed by atoms with E-state index < -0.39 is 0 Å². The van der Waals surface area contributed by atoms with Crippen LogP contribution in [0.25, 0.3) is 22.2 Å². The lowest BCUT2D eigenvalue weighted by Crippen LogP contribution is -2.50. The van der Waals surface area contributed by atoms with Crippen molar-refractivity contribution in [1.29, 1.82) is 0 Å². The van der Waals surface area contributed by atoms with Crippen LogP contribution in [0.15, 0.2) is 33.1 Å². The molecule has 1 saturated heterocycles. The molecular formula is C25H30Cl2N4O4S. The van der Waals surface area contributed by atoms with Crippen LogP contribution >= 0.6 is 35.4 Å². The lowest BCUT2D eigenvalue weighted by molar-refractivity contribution is 0.242. The van der Waals surface area contributed by atoms with Crippen molar-refractivity contribution in [2.24, 2.45) is 0 Å². The third kappa shape index (κ3) is 6.26. The number of anilines is 1. The van der Waals surface area contributed by atoms with E-state index in [1.165, 1.54) is 0 Å². The van der Waals surface area contributed by atoms with Gasteiger partial charge in [-0.15, -0.1) is 0 Å². The van der Waals surface area contributed by atoms with Gasteiger partial charge in [0.05, 0.1) is 17.7 Å². The first-order valence-electron chi connectivity index (χ1n) is 11.8. The molecular weight excluding hydrogens is 523 g/mol.